The molecule has 1 aromatic rings. The van der Waals surface area contributed by atoms with Crippen LogP contribution in [0.3, 0.4) is 0 Å². The molecule has 0 saturated carbocycles. The molecule has 1 saturated heterocycles. The molecule has 2 heterocycles. The van der Waals surface area contributed by atoms with Gasteiger partial charge in [0.1, 0.15) is 5.69 Å². The highest BCUT2D eigenvalue weighted by Crippen LogP contribution is 1.98. The Morgan fingerprint density at radius 3 is 3.20 bits per heavy atom. The maximum absolute atomic E-state index is 11.7. The lowest BCUT2D eigenvalue weighted by atomic mass is 10.2. The number of carbonyl (C=O) groups is 1. The van der Waals surface area contributed by atoms with Crippen LogP contribution in [-0.4, -0.2) is 36.4 Å². The summed E-state index contributed by atoms with van der Waals surface area (Å²) in [6.07, 6.45) is 2.74. The molecular weight excluding hydrogens is 190 g/mol. The van der Waals surface area contributed by atoms with Crippen LogP contribution in [-0.2, 0) is 0 Å². The predicted molar refractivity (Wildman–Crippen MR) is 57.8 cm³/mol. The fourth-order valence-electron chi connectivity index (χ4n) is 1.68. The Balaban J connectivity index is 1.82. The summed E-state index contributed by atoms with van der Waals surface area (Å²) in [5, 5.41) is 6.47. The fourth-order valence-corrected chi connectivity index (χ4v) is 1.68. The summed E-state index contributed by atoms with van der Waals surface area (Å²) in [7, 11) is 0. The molecule has 0 aromatic carbocycles. The van der Waals surface area contributed by atoms with Gasteiger partial charge < -0.3 is 10.6 Å². The monoisotopic (exact) mass is 205 g/mol. The molecule has 0 aliphatic carbocycles. The van der Waals surface area contributed by atoms with Crippen LogP contribution < -0.4 is 10.6 Å². The minimum absolute atomic E-state index is 0.0579. The topological polar surface area (TPSA) is 54.0 Å². The first-order valence-electron chi connectivity index (χ1n) is 5.24. The molecule has 1 aromatic heterocycles. The predicted octanol–water partition coefficient (Wildman–Crippen LogP) is 0.216. The molecule has 1 atom stereocenters. The summed E-state index contributed by atoms with van der Waals surface area (Å²) in [6.45, 7) is 2.37. The van der Waals surface area contributed by atoms with Gasteiger partial charge in [-0.3, -0.25) is 9.78 Å². The number of Topliss-reactive ketones (excluding diaryl/α,β-unsaturated/α-hetero) is 1. The fraction of sp³-hybridized carbons (Fsp3) is 0.455. The third-order valence-electron chi connectivity index (χ3n) is 2.56. The van der Waals surface area contributed by atoms with Crippen LogP contribution in [0.5, 0.6) is 0 Å². The van der Waals surface area contributed by atoms with Gasteiger partial charge in [-0.05, 0) is 25.1 Å². The summed E-state index contributed by atoms with van der Waals surface area (Å²) >= 11 is 0. The maximum atomic E-state index is 11.7. The van der Waals surface area contributed by atoms with E-state index in [-0.39, 0.29) is 5.78 Å². The molecule has 2 rings (SSSR count). The second kappa shape index (κ2) is 5.00. The Hall–Kier alpha value is -1.26. The summed E-state index contributed by atoms with van der Waals surface area (Å²) in [5.74, 6) is 0.0579. The number of nitrogens with zero attached hydrogens (tertiary/aromatic N) is 1. The lowest BCUT2D eigenvalue weighted by Gasteiger charge is -2.09. The molecule has 1 unspecified atom stereocenters. The van der Waals surface area contributed by atoms with Crippen LogP contribution >= 0.6 is 0 Å². The Morgan fingerprint density at radius 2 is 2.53 bits per heavy atom. The van der Waals surface area contributed by atoms with Gasteiger partial charge in [0.05, 0.1) is 6.54 Å². The van der Waals surface area contributed by atoms with E-state index in [1.807, 2.05) is 12.1 Å². The van der Waals surface area contributed by atoms with Crippen molar-refractivity contribution in [2.24, 2.45) is 0 Å². The van der Waals surface area contributed by atoms with Crippen LogP contribution in [0.2, 0.25) is 0 Å². The molecule has 1 aliphatic rings. The van der Waals surface area contributed by atoms with Crippen molar-refractivity contribution in [2.75, 3.05) is 19.6 Å². The van der Waals surface area contributed by atoms with Crippen LogP contribution in [0.15, 0.2) is 24.4 Å². The van der Waals surface area contributed by atoms with Crippen molar-refractivity contribution >= 4 is 5.78 Å². The average Bonchev–Trinajstić information content (AvgIpc) is 2.80. The number of ketones is 1. The van der Waals surface area contributed by atoms with E-state index in [1.54, 1.807) is 12.3 Å². The van der Waals surface area contributed by atoms with Gasteiger partial charge in [0.15, 0.2) is 5.78 Å². The van der Waals surface area contributed by atoms with Gasteiger partial charge >= 0.3 is 0 Å². The van der Waals surface area contributed by atoms with Crippen molar-refractivity contribution < 1.29 is 4.79 Å². The zero-order valence-corrected chi connectivity index (χ0v) is 8.57. The Kier molecular flexibility index (Phi) is 3.42. The van der Waals surface area contributed by atoms with E-state index in [4.69, 9.17) is 0 Å². The molecule has 0 radical (unpaired) electrons. The summed E-state index contributed by atoms with van der Waals surface area (Å²) < 4.78 is 0. The zero-order valence-electron chi connectivity index (χ0n) is 8.57. The minimum Gasteiger partial charge on any atom is -0.315 e. The summed E-state index contributed by atoms with van der Waals surface area (Å²) in [5.41, 5.74) is 0.538. The first kappa shape index (κ1) is 10.3. The number of carbonyl (C=O) groups excluding carboxylic acids is 1. The van der Waals surface area contributed by atoms with Crippen molar-refractivity contribution in [3.63, 3.8) is 0 Å². The standard InChI is InChI=1S/C11H15N3O/c15-11(10-3-1-2-5-13-10)8-14-9-4-6-12-7-9/h1-3,5,9,12,14H,4,6-8H2. The van der Waals surface area contributed by atoms with Crippen LogP contribution in [0.25, 0.3) is 0 Å². The maximum Gasteiger partial charge on any atom is 0.194 e. The molecule has 0 amide bonds. The average molecular weight is 205 g/mol. The van der Waals surface area contributed by atoms with Crippen molar-refractivity contribution in [3.05, 3.63) is 30.1 Å². The highest BCUT2D eigenvalue weighted by atomic mass is 16.1. The molecule has 0 bridgehead atoms. The lowest BCUT2D eigenvalue weighted by Crippen LogP contribution is -2.35. The van der Waals surface area contributed by atoms with E-state index in [0.29, 0.717) is 18.3 Å². The van der Waals surface area contributed by atoms with Gasteiger partial charge in [0.25, 0.3) is 0 Å². The Morgan fingerprint density at radius 1 is 1.60 bits per heavy atom. The Labute approximate surface area is 89.1 Å². The van der Waals surface area contributed by atoms with Crippen LogP contribution in [0.1, 0.15) is 16.9 Å². The van der Waals surface area contributed by atoms with Gasteiger partial charge in [-0.1, -0.05) is 6.07 Å². The van der Waals surface area contributed by atoms with Crippen LogP contribution in [0.4, 0.5) is 0 Å². The molecule has 2 N–H and O–H groups in total. The van der Waals surface area contributed by atoms with Crippen molar-refractivity contribution in [3.8, 4) is 0 Å². The number of nitrogens with one attached hydrogen (secondary N) is 2. The smallest absolute Gasteiger partial charge is 0.194 e. The zero-order chi connectivity index (χ0) is 10.5. The Bertz CT molecular complexity index is 320. The number of hydrogen-bond acceptors (Lipinski definition) is 4. The number of rotatable bonds is 4. The third kappa shape index (κ3) is 2.84. The van der Waals surface area contributed by atoms with Gasteiger partial charge in [-0.2, -0.15) is 0 Å². The summed E-state index contributed by atoms with van der Waals surface area (Å²) in [4.78, 5) is 15.7. The van der Waals surface area contributed by atoms with Crippen molar-refractivity contribution in [1.82, 2.24) is 15.6 Å². The lowest BCUT2D eigenvalue weighted by molar-refractivity contribution is 0.0983. The molecular formula is C11H15N3O. The second-order valence-corrected chi connectivity index (χ2v) is 3.71. The number of hydrogen-bond donors (Lipinski definition) is 2. The highest BCUT2D eigenvalue weighted by Gasteiger charge is 2.15. The molecule has 15 heavy (non-hydrogen) atoms. The highest BCUT2D eigenvalue weighted by molar-refractivity contribution is 5.95. The first-order chi connectivity index (χ1) is 7.36. The van der Waals surface area contributed by atoms with Gasteiger partial charge in [0, 0.05) is 18.8 Å². The van der Waals surface area contributed by atoms with Gasteiger partial charge in [-0.15, -0.1) is 0 Å². The van der Waals surface area contributed by atoms with Gasteiger partial charge in [0.2, 0.25) is 0 Å². The van der Waals surface area contributed by atoms with Crippen LogP contribution in [0, 0.1) is 0 Å². The largest absolute Gasteiger partial charge is 0.315 e. The molecule has 0 spiro atoms. The second-order valence-electron chi connectivity index (χ2n) is 3.71. The third-order valence-corrected chi connectivity index (χ3v) is 2.56. The van der Waals surface area contributed by atoms with E-state index in [1.165, 1.54) is 0 Å². The number of aromatic nitrogens is 1. The van der Waals surface area contributed by atoms with Gasteiger partial charge in [-0.25, -0.2) is 0 Å². The van der Waals surface area contributed by atoms with E-state index < -0.39 is 0 Å². The molecule has 4 nitrogen and oxygen atoms in total. The molecule has 1 aliphatic heterocycles. The quantitative estimate of drug-likeness (QED) is 0.690. The summed E-state index contributed by atoms with van der Waals surface area (Å²) in [6, 6.07) is 5.82. The van der Waals surface area contributed by atoms with E-state index in [9.17, 15) is 4.79 Å². The van der Waals surface area contributed by atoms with E-state index in [0.717, 1.165) is 19.5 Å². The first-order valence-corrected chi connectivity index (χ1v) is 5.24. The normalized spacial score (nSPS) is 20.4. The molecule has 1 fully saturated rings. The van der Waals surface area contributed by atoms with Crippen molar-refractivity contribution in [1.29, 1.82) is 0 Å². The minimum atomic E-state index is 0.0579. The van der Waals surface area contributed by atoms with E-state index in [2.05, 4.69) is 15.6 Å². The SMILES string of the molecule is O=C(CNC1CCNC1)c1ccccn1. The number of pyridine rings is 1. The van der Waals surface area contributed by atoms with Crippen molar-refractivity contribution in [2.45, 2.75) is 12.5 Å². The molecule has 4 heteroatoms. The van der Waals surface area contributed by atoms with E-state index >= 15 is 0 Å². The molecule has 80 valence electrons.